The molecule has 0 aliphatic carbocycles. The van der Waals surface area contributed by atoms with Crippen LogP contribution in [0, 0.1) is 0 Å². The lowest BCUT2D eigenvalue weighted by atomic mass is 10.1. The van der Waals surface area contributed by atoms with E-state index in [1.54, 1.807) is 0 Å². The van der Waals surface area contributed by atoms with Crippen molar-refractivity contribution in [3.63, 3.8) is 0 Å². The number of piperazine rings is 1. The van der Waals surface area contributed by atoms with E-state index in [9.17, 15) is 4.79 Å². The topological polar surface area (TPSA) is 81.3 Å². The van der Waals surface area contributed by atoms with Crippen molar-refractivity contribution in [2.45, 2.75) is 13.0 Å². The number of tetrazole rings is 1. The van der Waals surface area contributed by atoms with Crippen molar-refractivity contribution in [2.75, 3.05) is 44.7 Å². The molecule has 1 amide bonds. The number of benzene rings is 1. The molecule has 0 saturated carbocycles. The number of aromatic nitrogens is 4. The predicted octanol–water partition coefficient (Wildman–Crippen LogP) is 0.541. The van der Waals surface area contributed by atoms with Crippen molar-refractivity contribution in [1.29, 1.82) is 0 Å². The largest absolute Gasteiger partial charge is 0.362 e. The summed E-state index contributed by atoms with van der Waals surface area (Å²) in [6, 6.07) is 9.84. The summed E-state index contributed by atoms with van der Waals surface area (Å²) < 4.78 is 0. The molecule has 1 aromatic heterocycles. The standard InChI is InChI=1S/C16H23N7O/c1-3-22(13-7-5-4-6-8-13)12-15(24)23-10-9-21(2)11-14(23)16-17-19-20-18-16/h4-8,14H,3,9-12H2,1-2H3,(H,17,18,19,20). The number of amides is 1. The lowest BCUT2D eigenvalue weighted by Gasteiger charge is -2.39. The molecule has 8 nitrogen and oxygen atoms in total. The van der Waals surface area contributed by atoms with Gasteiger partial charge < -0.3 is 14.7 Å². The summed E-state index contributed by atoms with van der Waals surface area (Å²) in [6.45, 7) is 5.40. The Morgan fingerprint density at radius 3 is 2.79 bits per heavy atom. The monoisotopic (exact) mass is 329 g/mol. The van der Waals surface area contributed by atoms with Gasteiger partial charge in [-0.05, 0) is 26.1 Å². The van der Waals surface area contributed by atoms with E-state index in [0.717, 1.165) is 18.8 Å². The Bertz CT molecular complexity index is 646. The third-order valence-electron chi connectivity index (χ3n) is 4.39. The van der Waals surface area contributed by atoms with Gasteiger partial charge in [-0.1, -0.05) is 23.4 Å². The van der Waals surface area contributed by atoms with Crippen LogP contribution in [0.1, 0.15) is 18.8 Å². The molecule has 1 N–H and O–H groups in total. The average Bonchev–Trinajstić information content (AvgIpc) is 3.14. The number of anilines is 1. The number of rotatable bonds is 5. The number of nitrogens with one attached hydrogen (secondary N) is 1. The Labute approximate surface area is 141 Å². The maximum atomic E-state index is 12.9. The maximum Gasteiger partial charge on any atom is 0.242 e. The van der Waals surface area contributed by atoms with Gasteiger partial charge in [-0.15, -0.1) is 10.2 Å². The van der Waals surface area contributed by atoms with E-state index >= 15 is 0 Å². The number of aromatic amines is 1. The van der Waals surface area contributed by atoms with E-state index in [1.165, 1.54) is 0 Å². The fourth-order valence-electron chi connectivity index (χ4n) is 3.03. The molecule has 2 aromatic rings. The molecule has 1 atom stereocenters. The SMILES string of the molecule is CCN(CC(=O)N1CCN(C)CC1c1nn[nH]n1)c1ccccc1. The lowest BCUT2D eigenvalue weighted by Crippen LogP contribution is -2.52. The van der Waals surface area contributed by atoms with Crippen LogP contribution >= 0.6 is 0 Å². The summed E-state index contributed by atoms with van der Waals surface area (Å²) in [4.78, 5) is 19.1. The minimum atomic E-state index is -0.163. The zero-order valence-corrected chi connectivity index (χ0v) is 14.1. The molecule has 1 aliphatic heterocycles. The zero-order chi connectivity index (χ0) is 16.9. The molecule has 1 unspecified atom stereocenters. The summed E-state index contributed by atoms with van der Waals surface area (Å²) in [5.41, 5.74) is 1.05. The molecular weight excluding hydrogens is 306 g/mol. The first kappa shape index (κ1) is 16.4. The van der Waals surface area contributed by atoms with Gasteiger partial charge in [-0.25, -0.2) is 0 Å². The minimum absolute atomic E-state index is 0.0867. The first-order valence-corrected chi connectivity index (χ1v) is 8.20. The smallest absolute Gasteiger partial charge is 0.242 e. The molecule has 128 valence electrons. The second-order valence-corrected chi connectivity index (χ2v) is 5.98. The van der Waals surface area contributed by atoms with Gasteiger partial charge in [0.15, 0.2) is 5.82 Å². The Morgan fingerprint density at radius 2 is 2.12 bits per heavy atom. The van der Waals surface area contributed by atoms with E-state index in [2.05, 4.69) is 37.3 Å². The van der Waals surface area contributed by atoms with Crippen molar-refractivity contribution in [3.05, 3.63) is 36.2 Å². The summed E-state index contributed by atoms with van der Waals surface area (Å²) in [5.74, 6) is 0.654. The summed E-state index contributed by atoms with van der Waals surface area (Å²) in [7, 11) is 2.04. The number of carbonyl (C=O) groups is 1. The van der Waals surface area contributed by atoms with Gasteiger partial charge in [-0.3, -0.25) is 4.79 Å². The van der Waals surface area contributed by atoms with Crippen molar-refractivity contribution in [1.82, 2.24) is 30.4 Å². The minimum Gasteiger partial charge on any atom is -0.362 e. The Hall–Kier alpha value is -2.48. The number of hydrogen-bond acceptors (Lipinski definition) is 6. The molecule has 24 heavy (non-hydrogen) atoms. The van der Waals surface area contributed by atoms with Gasteiger partial charge in [0, 0.05) is 31.9 Å². The molecule has 1 saturated heterocycles. The van der Waals surface area contributed by atoms with Gasteiger partial charge in [-0.2, -0.15) is 5.21 Å². The second kappa shape index (κ2) is 7.39. The number of H-pyrrole nitrogens is 1. The highest BCUT2D eigenvalue weighted by Crippen LogP contribution is 2.22. The maximum absolute atomic E-state index is 12.9. The van der Waals surface area contributed by atoms with Crippen LogP contribution in [0.15, 0.2) is 30.3 Å². The Morgan fingerprint density at radius 1 is 1.33 bits per heavy atom. The zero-order valence-electron chi connectivity index (χ0n) is 14.1. The van der Waals surface area contributed by atoms with E-state index in [1.807, 2.05) is 42.3 Å². The van der Waals surface area contributed by atoms with E-state index in [-0.39, 0.29) is 11.9 Å². The van der Waals surface area contributed by atoms with Crippen LogP contribution in [0.4, 0.5) is 5.69 Å². The van der Waals surface area contributed by atoms with E-state index < -0.39 is 0 Å². The molecule has 0 radical (unpaired) electrons. The third kappa shape index (κ3) is 3.53. The first-order chi connectivity index (χ1) is 11.7. The summed E-state index contributed by atoms with van der Waals surface area (Å²) in [5, 5.41) is 14.3. The number of nitrogens with zero attached hydrogens (tertiary/aromatic N) is 6. The van der Waals surface area contributed by atoms with E-state index in [0.29, 0.717) is 25.5 Å². The molecule has 1 aliphatic rings. The molecular formula is C16H23N7O. The quantitative estimate of drug-likeness (QED) is 0.862. The average molecular weight is 329 g/mol. The molecule has 1 fully saturated rings. The first-order valence-electron chi connectivity index (χ1n) is 8.20. The van der Waals surface area contributed by atoms with Gasteiger partial charge in [0.1, 0.15) is 6.04 Å². The molecule has 1 aromatic carbocycles. The number of likely N-dealkylation sites (N-methyl/N-ethyl adjacent to an activating group) is 2. The third-order valence-corrected chi connectivity index (χ3v) is 4.39. The Kier molecular flexibility index (Phi) is 5.05. The lowest BCUT2D eigenvalue weighted by molar-refractivity contribution is -0.134. The van der Waals surface area contributed by atoms with Crippen LogP contribution in [0.3, 0.4) is 0 Å². The Balaban J connectivity index is 1.74. The normalized spacial score (nSPS) is 18.6. The van der Waals surface area contributed by atoms with Crippen LogP contribution in [0.5, 0.6) is 0 Å². The van der Waals surface area contributed by atoms with Crippen LogP contribution in [-0.4, -0.2) is 76.1 Å². The van der Waals surface area contributed by atoms with Crippen LogP contribution in [0.2, 0.25) is 0 Å². The highest BCUT2D eigenvalue weighted by Gasteiger charge is 2.33. The fourth-order valence-corrected chi connectivity index (χ4v) is 3.03. The predicted molar refractivity (Wildman–Crippen MR) is 90.5 cm³/mol. The van der Waals surface area contributed by atoms with Gasteiger partial charge in [0.25, 0.3) is 0 Å². The highest BCUT2D eigenvalue weighted by atomic mass is 16.2. The highest BCUT2D eigenvalue weighted by molar-refractivity contribution is 5.82. The molecule has 0 spiro atoms. The number of hydrogen-bond donors (Lipinski definition) is 1. The fraction of sp³-hybridized carbons (Fsp3) is 0.500. The van der Waals surface area contributed by atoms with Crippen molar-refractivity contribution in [3.8, 4) is 0 Å². The number of carbonyl (C=O) groups excluding carboxylic acids is 1. The van der Waals surface area contributed by atoms with Crippen LogP contribution < -0.4 is 4.90 Å². The summed E-state index contributed by atoms with van der Waals surface area (Å²) in [6.07, 6.45) is 0. The van der Waals surface area contributed by atoms with Crippen molar-refractivity contribution >= 4 is 11.6 Å². The van der Waals surface area contributed by atoms with Crippen LogP contribution in [-0.2, 0) is 4.79 Å². The van der Waals surface area contributed by atoms with Gasteiger partial charge >= 0.3 is 0 Å². The number of para-hydroxylation sites is 1. The van der Waals surface area contributed by atoms with Crippen molar-refractivity contribution in [2.24, 2.45) is 0 Å². The van der Waals surface area contributed by atoms with Crippen LogP contribution in [0.25, 0.3) is 0 Å². The molecule has 8 heteroatoms. The van der Waals surface area contributed by atoms with Gasteiger partial charge in [0.2, 0.25) is 5.91 Å². The van der Waals surface area contributed by atoms with E-state index in [4.69, 9.17) is 0 Å². The molecule has 0 bridgehead atoms. The molecule has 3 rings (SSSR count). The second-order valence-electron chi connectivity index (χ2n) is 5.98. The van der Waals surface area contributed by atoms with Crippen molar-refractivity contribution < 1.29 is 4.79 Å². The summed E-state index contributed by atoms with van der Waals surface area (Å²) >= 11 is 0. The molecule has 2 heterocycles. The van der Waals surface area contributed by atoms with Gasteiger partial charge in [0.05, 0.1) is 6.54 Å².